The smallest absolute Gasteiger partial charge is 0.255 e. The molecule has 1 aromatic rings. The summed E-state index contributed by atoms with van der Waals surface area (Å²) >= 11 is 0. The van der Waals surface area contributed by atoms with Crippen molar-refractivity contribution in [2.45, 2.75) is 32.7 Å². The van der Waals surface area contributed by atoms with Crippen LogP contribution in [0.15, 0.2) is 24.3 Å². The first-order valence-electron chi connectivity index (χ1n) is 7.06. The van der Waals surface area contributed by atoms with E-state index in [4.69, 9.17) is 0 Å². The fourth-order valence-electron chi connectivity index (χ4n) is 1.78. The molecule has 0 fully saturated rings. The largest absolute Gasteiger partial charge is 0.345 e. The molecule has 0 spiro atoms. The summed E-state index contributed by atoms with van der Waals surface area (Å²) in [5.41, 5.74) is 1.04. The molecular weight excluding hydrogens is 266 g/mol. The maximum atomic E-state index is 12.1. The van der Waals surface area contributed by atoms with Crippen LogP contribution < -0.4 is 10.6 Å². The third-order valence-electron chi connectivity index (χ3n) is 2.85. The number of carbonyl (C=O) groups excluding carboxylic acids is 2. The van der Waals surface area contributed by atoms with E-state index >= 15 is 0 Å². The first-order chi connectivity index (χ1) is 9.70. The van der Waals surface area contributed by atoms with Crippen molar-refractivity contribution in [3.8, 4) is 0 Å². The van der Waals surface area contributed by atoms with E-state index < -0.39 is 0 Å². The van der Waals surface area contributed by atoms with Gasteiger partial charge in [-0.1, -0.05) is 12.1 Å². The highest BCUT2D eigenvalue weighted by Crippen LogP contribution is 2.16. The van der Waals surface area contributed by atoms with Gasteiger partial charge in [0.05, 0.1) is 11.3 Å². The monoisotopic (exact) mass is 291 g/mol. The van der Waals surface area contributed by atoms with Crippen LogP contribution >= 0.6 is 0 Å². The summed E-state index contributed by atoms with van der Waals surface area (Å²) in [6.45, 7) is 6.75. The predicted molar refractivity (Wildman–Crippen MR) is 85.5 cm³/mol. The van der Waals surface area contributed by atoms with Gasteiger partial charge in [-0.25, -0.2) is 0 Å². The number of nitrogens with one attached hydrogen (secondary N) is 2. The zero-order valence-electron chi connectivity index (χ0n) is 13.5. The first-order valence-corrected chi connectivity index (χ1v) is 7.06. The molecule has 0 bridgehead atoms. The van der Waals surface area contributed by atoms with Crippen molar-refractivity contribution in [2.75, 3.05) is 26.0 Å². The number of anilines is 1. The fourth-order valence-corrected chi connectivity index (χ4v) is 1.78. The Hall–Kier alpha value is -1.88. The van der Waals surface area contributed by atoms with Crippen LogP contribution in [0.1, 0.15) is 37.6 Å². The molecule has 0 aliphatic carbocycles. The van der Waals surface area contributed by atoms with Crippen molar-refractivity contribution in [2.24, 2.45) is 0 Å². The van der Waals surface area contributed by atoms with Crippen LogP contribution in [0.5, 0.6) is 0 Å². The molecule has 1 aromatic carbocycles. The van der Waals surface area contributed by atoms with Crippen LogP contribution in [0.4, 0.5) is 5.69 Å². The lowest BCUT2D eigenvalue weighted by Gasteiger charge is -2.20. The van der Waals surface area contributed by atoms with E-state index in [0.29, 0.717) is 24.2 Å². The van der Waals surface area contributed by atoms with Crippen molar-refractivity contribution in [1.82, 2.24) is 10.2 Å². The lowest BCUT2D eigenvalue weighted by atomic mass is 10.1. The Morgan fingerprint density at radius 1 is 1.14 bits per heavy atom. The maximum absolute atomic E-state index is 12.1. The van der Waals surface area contributed by atoms with Crippen LogP contribution in [-0.2, 0) is 4.79 Å². The molecular formula is C16H25N3O2. The van der Waals surface area contributed by atoms with Gasteiger partial charge < -0.3 is 15.5 Å². The molecule has 2 N–H and O–H groups in total. The minimum Gasteiger partial charge on any atom is -0.345 e. The minimum absolute atomic E-state index is 0.0148. The Labute approximate surface area is 126 Å². The van der Waals surface area contributed by atoms with Crippen molar-refractivity contribution in [1.29, 1.82) is 0 Å². The molecule has 0 aliphatic rings. The summed E-state index contributed by atoms with van der Waals surface area (Å²) in [4.78, 5) is 25.5. The zero-order chi connectivity index (χ0) is 16.0. The van der Waals surface area contributed by atoms with Gasteiger partial charge in [-0.05, 0) is 32.9 Å². The number of para-hydroxylation sites is 1. The van der Waals surface area contributed by atoms with Gasteiger partial charge in [0.25, 0.3) is 5.91 Å². The Morgan fingerprint density at radius 3 is 2.33 bits per heavy atom. The van der Waals surface area contributed by atoms with Crippen LogP contribution in [0.3, 0.4) is 0 Å². The molecule has 0 heterocycles. The minimum atomic E-state index is -0.126. The zero-order valence-corrected chi connectivity index (χ0v) is 13.5. The summed E-state index contributed by atoms with van der Waals surface area (Å²) in [6.07, 6.45) is 0.363. The molecule has 0 radical (unpaired) electrons. The van der Waals surface area contributed by atoms with Gasteiger partial charge in [0, 0.05) is 32.6 Å². The summed E-state index contributed by atoms with van der Waals surface area (Å²) in [7, 11) is 3.38. The number of nitrogens with zero attached hydrogens (tertiary/aromatic N) is 1. The highest BCUT2D eigenvalue weighted by Gasteiger charge is 2.15. The van der Waals surface area contributed by atoms with Gasteiger partial charge in [0.15, 0.2) is 0 Å². The number of amides is 2. The standard InChI is InChI=1S/C16H25N3O2/c1-16(2,3)17-11-10-14(20)18-13-9-7-6-8-12(13)15(21)19(4)5/h6-9,17H,10-11H2,1-5H3,(H,18,20). The summed E-state index contributed by atoms with van der Waals surface area (Å²) in [5.74, 6) is -0.232. The van der Waals surface area contributed by atoms with Gasteiger partial charge in [-0.3, -0.25) is 9.59 Å². The molecule has 21 heavy (non-hydrogen) atoms. The number of hydrogen-bond acceptors (Lipinski definition) is 3. The Morgan fingerprint density at radius 2 is 1.76 bits per heavy atom. The van der Waals surface area contributed by atoms with Crippen LogP contribution in [0, 0.1) is 0 Å². The fraction of sp³-hybridized carbons (Fsp3) is 0.500. The Balaban J connectivity index is 2.66. The van der Waals surface area contributed by atoms with Crippen LogP contribution in [0.2, 0.25) is 0 Å². The van der Waals surface area contributed by atoms with E-state index in [2.05, 4.69) is 31.4 Å². The van der Waals surface area contributed by atoms with Crippen molar-refractivity contribution in [3.05, 3.63) is 29.8 Å². The van der Waals surface area contributed by atoms with Crippen molar-refractivity contribution < 1.29 is 9.59 Å². The van der Waals surface area contributed by atoms with E-state index in [1.807, 2.05) is 0 Å². The first kappa shape index (κ1) is 17.2. The second-order valence-electron chi connectivity index (χ2n) is 6.22. The lowest BCUT2D eigenvalue weighted by molar-refractivity contribution is -0.116. The average molecular weight is 291 g/mol. The second-order valence-corrected chi connectivity index (χ2v) is 6.22. The van der Waals surface area contributed by atoms with Gasteiger partial charge in [0.2, 0.25) is 5.91 Å². The van der Waals surface area contributed by atoms with Crippen LogP contribution in [0.25, 0.3) is 0 Å². The Kier molecular flexibility index (Phi) is 5.90. The topological polar surface area (TPSA) is 61.4 Å². The molecule has 0 saturated heterocycles. The van der Waals surface area contributed by atoms with E-state index in [0.717, 1.165) is 0 Å². The molecule has 2 amide bonds. The predicted octanol–water partition coefficient (Wildman–Crippen LogP) is 2.11. The lowest BCUT2D eigenvalue weighted by Crippen LogP contribution is -2.37. The van der Waals surface area contributed by atoms with Gasteiger partial charge in [-0.2, -0.15) is 0 Å². The molecule has 5 nitrogen and oxygen atoms in total. The van der Waals surface area contributed by atoms with E-state index in [1.165, 1.54) is 4.90 Å². The summed E-state index contributed by atoms with van der Waals surface area (Å²) < 4.78 is 0. The number of rotatable bonds is 5. The molecule has 5 heteroatoms. The molecule has 1 rings (SSSR count). The van der Waals surface area contributed by atoms with E-state index in [1.54, 1.807) is 38.4 Å². The molecule has 116 valence electrons. The van der Waals surface area contributed by atoms with Crippen molar-refractivity contribution in [3.63, 3.8) is 0 Å². The van der Waals surface area contributed by atoms with Gasteiger partial charge in [-0.15, -0.1) is 0 Å². The van der Waals surface area contributed by atoms with Crippen LogP contribution in [-0.4, -0.2) is 42.9 Å². The quantitative estimate of drug-likeness (QED) is 0.873. The number of hydrogen-bond donors (Lipinski definition) is 2. The summed E-state index contributed by atoms with van der Waals surface area (Å²) in [6, 6.07) is 7.04. The Bertz CT molecular complexity index is 504. The molecule has 0 aromatic heterocycles. The molecule has 0 aliphatic heterocycles. The highest BCUT2D eigenvalue weighted by molar-refractivity contribution is 6.03. The average Bonchev–Trinajstić information content (AvgIpc) is 2.36. The molecule has 0 unspecified atom stereocenters. The molecule has 0 atom stereocenters. The normalized spacial score (nSPS) is 11.1. The van der Waals surface area contributed by atoms with Gasteiger partial charge in [0.1, 0.15) is 0 Å². The molecule has 0 saturated carbocycles. The number of carbonyl (C=O) groups is 2. The highest BCUT2D eigenvalue weighted by atomic mass is 16.2. The maximum Gasteiger partial charge on any atom is 0.255 e. The third kappa shape index (κ3) is 5.95. The summed E-state index contributed by atoms with van der Waals surface area (Å²) in [5, 5.41) is 6.06. The third-order valence-corrected chi connectivity index (χ3v) is 2.85. The van der Waals surface area contributed by atoms with Gasteiger partial charge >= 0.3 is 0 Å². The van der Waals surface area contributed by atoms with E-state index in [9.17, 15) is 9.59 Å². The number of benzene rings is 1. The van der Waals surface area contributed by atoms with Crippen molar-refractivity contribution >= 4 is 17.5 Å². The SMILES string of the molecule is CN(C)C(=O)c1ccccc1NC(=O)CCNC(C)(C)C. The van der Waals surface area contributed by atoms with E-state index in [-0.39, 0.29) is 17.4 Å². The second kappa shape index (κ2) is 7.22.